The number of nitrogens with two attached hydrogens (primary N) is 1. The molecule has 0 bridgehead atoms. The summed E-state index contributed by atoms with van der Waals surface area (Å²) in [7, 11) is 1.89. The Kier molecular flexibility index (Phi) is 14.3. The Bertz CT molecular complexity index is 474. The van der Waals surface area contributed by atoms with Gasteiger partial charge < -0.3 is 25.6 Å². The first-order valence-corrected chi connectivity index (χ1v) is 12.0. The summed E-state index contributed by atoms with van der Waals surface area (Å²) in [6.45, 7) is 6.31. The zero-order chi connectivity index (χ0) is 22.4. The predicted molar refractivity (Wildman–Crippen MR) is 122 cm³/mol. The number of hydrogen-bond acceptors (Lipinski definition) is 5. The maximum atomic E-state index is 12.0. The minimum absolute atomic E-state index is 0.00888. The Morgan fingerprint density at radius 1 is 1.07 bits per heavy atom. The molecule has 0 saturated carbocycles. The first-order chi connectivity index (χ1) is 14.4. The summed E-state index contributed by atoms with van der Waals surface area (Å²) in [4.78, 5) is 13.9. The Morgan fingerprint density at radius 3 is 2.23 bits per heavy atom. The number of allylic oxidation sites excluding steroid dienone is 1. The molecule has 176 valence electrons. The van der Waals surface area contributed by atoms with Crippen LogP contribution in [-0.4, -0.2) is 65.1 Å². The molecule has 1 aliphatic rings. The molecule has 0 aromatic carbocycles. The third kappa shape index (κ3) is 10.9. The summed E-state index contributed by atoms with van der Waals surface area (Å²) in [5, 5.41) is 19.7. The summed E-state index contributed by atoms with van der Waals surface area (Å²) < 4.78 is 5.59. The Balaban J connectivity index is 1.91. The van der Waals surface area contributed by atoms with Gasteiger partial charge in [0.2, 0.25) is 5.91 Å². The van der Waals surface area contributed by atoms with E-state index in [4.69, 9.17) is 10.5 Å². The van der Waals surface area contributed by atoms with Gasteiger partial charge in [-0.2, -0.15) is 0 Å². The van der Waals surface area contributed by atoms with E-state index in [0.29, 0.717) is 12.8 Å². The molecule has 1 saturated heterocycles. The topological polar surface area (TPSA) is 96.0 Å². The second kappa shape index (κ2) is 15.8. The first kappa shape index (κ1) is 27.1. The fourth-order valence-electron chi connectivity index (χ4n) is 4.08. The smallest absolute Gasteiger partial charge is 0.222 e. The molecule has 6 nitrogen and oxygen atoms in total. The number of rotatable bonds is 17. The minimum atomic E-state index is -0.820. The largest absolute Gasteiger partial charge is 0.388 e. The number of ether oxygens (including phenoxy) is 1. The number of aliphatic hydroxyl groups excluding tert-OH is 2. The summed E-state index contributed by atoms with van der Waals surface area (Å²) in [6.07, 6.45) is 13.0. The van der Waals surface area contributed by atoms with Gasteiger partial charge in [0.1, 0.15) is 12.2 Å². The van der Waals surface area contributed by atoms with E-state index in [1.807, 2.05) is 18.0 Å². The van der Waals surface area contributed by atoms with E-state index in [-0.39, 0.29) is 24.2 Å². The third-order valence-corrected chi connectivity index (χ3v) is 6.18. The van der Waals surface area contributed by atoms with Crippen molar-refractivity contribution < 1.29 is 19.7 Å². The number of aliphatic hydroxyl groups is 2. The normalized spacial score (nSPS) is 24.7. The predicted octanol–water partition coefficient (Wildman–Crippen LogP) is 3.54. The van der Waals surface area contributed by atoms with Crippen molar-refractivity contribution in [1.82, 2.24) is 4.90 Å². The second-order valence-electron chi connectivity index (χ2n) is 8.97. The summed E-state index contributed by atoms with van der Waals surface area (Å²) in [5.74, 6) is 0.259. The zero-order valence-corrected chi connectivity index (χ0v) is 19.3. The second-order valence-corrected chi connectivity index (χ2v) is 8.97. The van der Waals surface area contributed by atoms with E-state index in [2.05, 4.69) is 6.58 Å². The molecule has 0 aliphatic carbocycles. The lowest BCUT2D eigenvalue weighted by atomic mass is 9.98. The van der Waals surface area contributed by atoms with Crippen molar-refractivity contribution in [3.05, 3.63) is 12.7 Å². The summed E-state index contributed by atoms with van der Waals surface area (Å²) >= 11 is 0. The summed E-state index contributed by atoms with van der Waals surface area (Å²) in [5.41, 5.74) is 6.17. The van der Waals surface area contributed by atoms with Crippen LogP contribution in [0.1, 0.15) is 90.4 Å². The monoisotopic (exact) mass is 426 g/mol. The molecule has 6 heteroatoms. The van der Waals surface area contributed by atoms with Crippen LogP contribution in [0.2, 0.25) is 0 Å². The lowest BCUT2D eigenvalue weighted by molar-refractivity contribution is -0.130. The average molecular weight is 427 g/mol. The van der Waals surface area contributed by atoms with E-state index in [0.717, 1.165) is 45.1 Å². The van der Waals surface area contributed by atoms with Crippen LogP contribution in [0.25, 0.3) is 0 Å². The highest BCUT2D eigenvalue weighted by Gasteiger charge is 2.40. The van der Waals surface area contributed by atoms with E-state index in [9.17, 15) is 15.0 Å². The molecule has 0 radical (unpaired) electrons. The van der Waals surface area contributed by atoms with Crippen molar-refractivity contribution in [2.24, 2.45) is 5.73 Å². The van der Waals surface area contributed by atoms with Crippen LogP contribution in [-0.2, 0) is 9.53 Å². The Hall–Kier alpha value is -0.950. The van der Waals surface area contributed by atoms with Gasteiger partial charge in [-0.3, -0.25) is 4.79 Å². The summed E-state index contributed by atoms with van der Waals surface area (Å²) in [6, 6.07) is 0.00888. The molecule has 1 fully saturated rings. The molecule has 1 amide bonds. The van der Waals surface area contributed by atoms with Crippen LogP contribution >= 0.6 is 0 Å². The van der Waals surface area contributed by atoms with Gasteiger partial charge in [-0.1, -0.05) is 51.0 Å². The highest BCUT2D eigenvalue weighted by Crippen LogP contribution is 2.25. The van der Waals surface area contributed by atoms with Gasteiger partial charge in [-0.15, -0.1) is 6.58 Å². The van der Waals surface area contributed by atoms with Crippen LogP contribution < -0.4 is 5.73 Å². The van der Waals surface area contributed by atoms with Crippen LogP contribution in [0.15, 0.2) is 12.7 Å². The van der Waals surface area contributed by atoms with Crippen molar-refractivity contribution in [2.45, 2.75) is 121 Å². The molecule has 30 heavy (non-hydrogen) atoms. The lowest BCUT2D eigenvalue weighted by Crippen LogP contribution is -2.35. The molecular weight excluding hydrogens is 380 g/mol. The van der Waals surface area contributed by atoms with Crippen LogP contribution in [0.4, 0.5) is 0 Å². The minimum Gasteiger partial charge on any atom is -0.388 e. The third-order valence-electron chi connectivity index (χ3n) is 6.18. The van der Waals surface area contributed by atoms with E-state index >= 15 is 0 Å². The molecule has 1 aliphatic heterocycles. The van der Waals surface area contributed by atoms with E-state index in [1.165, 1.54) is 32.1 Å². The number of hydrogen-bond donors (Lipinski definition) is 3. The van der Waals surface area contributed by atoms with Gasteiger partial charge in [0.15, 0.2) is 0 Å². The van der Waals surface area contributed by atoms with Crippen molar-refractivity contribution in [1.29, 1.82) is 0 Å². The van der Waals surface area contributed by atoms with Crippen LogP contribution in [0, 0.1) is 0 Å². The fraction of sp³-hybridized carbons (Fsp3) is 0.875. The Morgan fingerprint density at radius 2 is 1.67 bits per heavy atom. The number of nitrogens with zero attached hydrogens (tertiary/aromatic N) is 1. The Labute approximate surface area is 183 Å². The van der Waals surface area contributed by atoms with Gasteiger partial charge in [0, 0.05) is 26.1 Å². The van der Waals surface area contributed by atoms with Crippen molar-refractivity contribution >= 4 is 5.91 Å². The number of carbonyl (C=O) groups excluding carboxylic acids is 1. The molecule has 1 heterocycles. The highest BCUT2D eigenvalue weighted by molar-refractivity contribution is 5.75. The molecule has 1 rings (SSSR count). The van der Waals surface area contributed by atoms with Gasteiger partial charge in [0.25, 0.3) is 0 Å². The standard InChI is InChI=1S/C24H46N2O4/c1-4-5-14-17-26(3)22(27)16-13-11-9-7-6-8-10-12-15-20(25)18-21-24(29)23(28)19(2)30-21/h4,19-21,23-24,28-29H,1,5-18,25H2,2-3H3. The molecular formula is C24H46N2O4. The van der Waals surface area contributed by atoms with Crippen LogP contribution in [0.3, 0.4) is 0 Å². The molecule has 0 spiro atoms. The maximum Gasteiger partial charge on any atom is 0.222 e. The average Bonchev–Trinajstić information content (AvgIpc) is 2.95. The molecule has 5 unspecified atom stereocenters. The molecule has 0 aromatic rings. The van der Waals surface area contributed by atoms with Gasteiger partial charge in [0.05, 0.1) is 12.2 Å². The van der Waals surface area contributed by atoms with Crippen molar-refractivity contribution in [3.63, 3.8) is 0 Å². The molecule has 4 N–H and O–H groups in total. The maximum absolute atomic E-state index is 12.0. The van der Waals surface area contributed by atoms with E-state index < -0.39 is 12.2 Å². The fourth-order valence-corrected chi connectivity index (χ4v) is 4.08. The molecule has 5 atom stereocenters. The first-order valence-electron chi connectivity index (χ1n) is 12.0. The van der Waals surface area contributed by atoms with Gasteiger partial charge in [-0.05, 0) is 39.0 Å². The quantitative estimate of drug-likeness (QED) is 0.244. The van der Waals surface area contributed by atoms with Gasteiger partial charge >= 0.3 is 0 Å². The van der Waals surface area contributed by atoms with Crippen molar-refractivity contribution in [2.75, 3.05) is 13.6 Å². The highest BCUT2D eigenvalue weighted by atomic mass is 16.5. The number of unbranched alkanes of at least 4 members (excludes halogenated alkanes) is 8. The van der Waals surface area contributed by atoms with Gasteiger partial charge in [-0.25, -0.2) is 0 Å². The lowest BCUT2D eigenvalue weighted by Gasteiger charge is -2.19. The van der Waals surface area contributed by atoms with Crippen LogP contribution in [0.5, 0.6) is 0 Å². The molecule has 0 aromatic heterocycles. The van der Waals surface area contributed by atoms with E-state index in [1.54, 1.807) is 6.92 Å². The number of carbonyl (C=O) groups is 1. The SMILES string of the molecule is C=CCCCN(C)C(=O)CCCCCCCCCCC(N)CC1OC(C)C(O)C1O. The number of amides is 1. The van der Waals surface area contributed by atoms with Crippen molar-refractivity contribution in [3.8, 4) is 0 Å². The zero-order valence-electron chi connectivity index (χ0n) is 19.3.